The quantitative estimate of drug-likeness (QED) is 0.204. The molecule has 4 N–H and O–H groups in total. The van der Waals surface area contributed by atoms with Gasteiger partial charge in [0, 0.05) is 19.0 Å². The van der Waals surface area contributed by atoms with E-state index in [2.05, 4.69) is 20.6 Å². The van der Waals surface area contributed by atoms with Crippen LogP contribution in [0.15, 0.2) is 35.3 Å². The van der Waals surface area contributed by atoms with Gasteiger partial charge in [0.25, 0.3) is 11.5 Å². The molecule has 3 rings (SSSR count). The third kappa shape index (κ3) is 6.37. The Hall–Kier alpha value is -3.28. The molecule has 2 amide bonds. The van der Waals surface area contributed by atoms with Crippen molar-refractivity contribution < 1.29 is 14.8 Å². The van der Waals surface area contributed by atoms with Crippen LogP contribution in [0.1, 0.15) is 40.3 Å². The van der Waals surface area contributed by atoms with Gasteiger partial charge < -0.3 is 10.6 Å². The summed E-state index contributed by atoms with van der Waals surface area (Å²) >= 11 is 7.29. The molecule has 2 aromatic heterocycles. The molecule has 2 heterocycles. The second kappa shape index (κ2) is 11.0. The second-order valence-electron chi connectivity index (χ2n) is 7.21. The van der Waals surface area contributed by atoms with Crippen molar-refractivity contribution in [1.29, 1.82) is 0 Å². The van der Waals surface area contributed by atoms with E-state index in [1.807, 2.05) is 13.0 Å². The van der Waals surface area contributed by atoms with Crippen LogP contribution in [0, 0.1) is 13.8 Å². The molecule has 1 aromatic carbocycles. The van der Waals surface area contributed by atoms with Crippen molar-refractivity contribution in [3.8, 4) is 0 Å². The highest BCUT2D eigenvalue weighted by Crippen LogP contribution is 2.27. The zero-order chi connectivity index (χ0) is 24.0. The Morgan fingerprint density at radius 2 is 2.03 bits per heavy atom. The summed E-state index contributed by atoms with van der Waals surface area (Å²) in [6.45, 7) is 3.96. The van der Waals surface area contributed by atoms with Crippen molar-refractivity contribution in [1.82, 2.24) is 20.0 Å². The van der Waals surface area contributed by atoms with Crippen molar-refractivity contribution >= 4 is 51.4 Å². The van der Waals surface area contributed by atoms with Crippen LogP contribution < -0.4 is 21.7 Å². The van der Waals surface area contributed by atoms with E-state index in [1.165, 1.54) is 16.8 Å². The van der Waals surface area contributed by atoms with Crippen molar-refractivity contribution in [3.05, 3.63) is 62.1 Å². The number of nitrogens with zero attached hydrogens (tertiary/aromatic N) is 3. The van der Waals surface area contributed by atoms with E-state index < -0.39 is 5.91 Å². The summed E-state index contributed by atoms with van der Waals surface area (Å²) in [5, 5.41) is 15.1. The smallest absolute Gasteiger partial charge is 0.267 e. The van der Waals surface area contributed by atoms with E-state index in [9.17, 15) is 14.4 Å². The summed E-state index contributed by atoms with van der Waals surface area (Å²) in [5.41, 5.74) is 2.72. The van der Waals surface area contributed by atoms with E-state index >= 15 is 0 Å². The first-order valence-electron chi connectivity index (χ1n) is 10.1. The number of aromatic nitrogens is 3. The van der Waals surface area contributed by atoms with Gasteiger partial charge in [-0.1, -0.05) is 35.1 Å². The molecular formula is C21H23ClN6O4S. The molecule has 0 aliphatic carbocycles. The van der Waals surface area contributed by atoms with Crippen molar-refractivity contribution in [2.45, 2.75) is 39.7 Å². The van der Waals surface area contributed by atoms with Crippen molar-refractivity contribution in [2.75, 3.05) is 10.6 Å². The standard InChI is InChI=1S/C21H23ClN6O4S/c1-12-6-5-7-14(22)19(12)26-20(31)15-11-23-21(33-15)25-16-10-18(30)28(13(2)24-16)9-4-3-8-17(29)27-32/h5-7,10-11,32H,3-4,8-9H2,1-2H3,(H,23,25)(H,26,31)(H,27,29). The van der Waals surface area contributed by atoms with E-state index in [4.69, 9.17) is 16.8 Å². The predicted octanol–water partition coefficient (Wildman–Crippen LogP) is 3.64. The molecule has 12 heteroatoms. The SMILES string of the molecule is Cc1cccc(Cl)c1NC(=O)c1cnc(Nc2cc(=O)n(CCCCC(=O)NO)c(C)n2)s1. The zero-order valence-corrected chi connectivity index (χ0v) is 19.6. The Balaban J connectivity index is 1.64. The molecule has 174 valence electrons. The predicted molar refractivity (Wildman–Crippen MR) is 127 cm³/mol. The number of carbonyl (C=O) groups excluding carboxylic acids is 2. The van der Waals surface area contributed by atoms with Crippen LogP contribution in [-0.4, -0.2) is 31.6 Å². The number of benzene rings is 1. The number of amides is 2. The molecule has 3 aromatic rings. The van der Waals surface area contributed by atoms with Gasteiger partial charge in [-0.25, -0.2) is 15.4 Å². The van der Waals surface area contributed by atoms with E-state index in [-0.39, 0.29) is 17.9 Å². The first kappa shape index (κ1) is 24.4. The van der Waals surface area contributed by atoms with Gasteiger partial charge in [-0.05, 0) is 38.3 Å². The number of carbonyl (C=O) groups is 2. The number of unbranched alkanes of at least 4 members (excludes halogenated alkanes) is 1. The van der Waals surface area contributed by atoms with Crippen LogP contribution in [0.25, 0.3) is 0 Å². The number of hydrogen-bond donors (Lipinski definition) is 4. The van der Waals surface area contributed by atoms with Gasteiger partial charge in [0.15, 0.2) is 5.13 Å². The monoisotopic (exact) mass is 490 g/mol. The Kier molecular flexibility index (Phi) is 8.15. The Morgan fingerprint density at radius 3 is 2.73 bits per heavy atom. The van der Waals surface area contributed by atoms with Crippen molar-refractivity contribution in [2.24, 2.45) is 0 Å². The number of aryl methyl sites for hydroxylation is 2. The number of anilines is 3. The van der Waals surface area contributed by atoms with Gasteiger partial charge >= 0.3 is 0 Å². The molecule has 0 radical (unpaired) electrons. The number of thiazole rings is 1. The molecule has 33 heavy (non-hydrogen) atoms. The summed E-state index contributed by atoms with van der Waals surface area (Å²) in [4.78, 5) is 45.1. The third-order valence-electron chi connectivity index (χ3n) is 4.78. The summed E-state index contributed by atoms with van der Waals surface area (Å²) in [6.07, 6.45) is 2.72. The lowest BCUT2D eigenvalue weighted by atomic mass is 10.2. The fourth-order valence-corrected chi connectivity index (χ4v) is 4.07. The molecule has 0 aliphatic heterocycles. The number of para-hydroxylation sites is 1. The summed E-state index contributed by atoms with van der Waals surface area (Å²) < 4.78 is 1.51. The summed E-state index contributed by atoms with van der Waals surface area (Å²) in [5.74, 6) is 0.0124. The van der Waals surface area contributed by atoms with E-state index in [0.29, 0.717) is 51.7 Å². The average molecular weight is 491 g/mol. The molecule has 0 atom stereocenters. The number of rotatable bonds is 9. The van der Waals surface area contributed by atoms with Crippen LogP contribution in [0.2, 0.25) is 5.02 Å². The Morgan fingerprint density at radius 1 is 1.24 bits per heavy atom. The highest BCUT2D eigenvalue weighted by molar-refractivity contribution is 7.17. The number of halogens is 1. The molecule has 0 bridgehead atoms. The topological polar surface area (TPSA) is 138 Å². The third-order valence-corrected chi connectivity index (χ3v) is 6.01. The van der Waals surface area contributed by atoms with Gasteiger partial charge in [-0.3, -0.25) is 24.2 Å². The minimum atomic E-state index is -0.463. The molecule has 0 aliphatic rings. The minimum absolute atomic E-state index is 0.174. The van der Waals surface area contributed by atoms with Gasteiger partial charge in [0.1, 0.15) is 16.5 Å². The fraction of sp³-hybridized carbons (Fsp3) is 0.286. The van der Waals surface area contributed by atoms with Gasteiger partial charge in [-0.15, -0.1) is 0 Å². The van der Waals surface area contributed by atoms with Crippen LogP contribution in [-0.2, 0) is 11.3 Å². The molecule has 10 nitrogen and oxygen atoms in total. The fourth-order valence-electron chi connectivity index (χ4n) is 3.08. The zero-order valence-electron chi connectivity index (χ0n) is 18.0. The highest BCUT2D eigenvalue weighted by Gasteiger charge is 2.15. The lowest BCUT2D eigenvalue weighted by Crippen LogP contribution is -2.24. The molecule has 0 fully saturated rings. The second-order valence-corrected chi connectivity index (χ2v) is 8.65. The molecular weight excluding hydrogens is 468 g/mol. The lowest BCUT2D eigenvalue weighted by Gasteiger charge is -2.10. The van der Waals surface area contributed by atoms with Gasteiger partial charge in [0.2, 0.25) is 5.91 Å². The van der Waals surface area contributed by atoms with E-state index in [1.54, 1.807) is 24.5 Å². The van der Waals surface area contributed by atoms with Crippen molar-refractivity contribution in [3.63, 3.8) is 0 Å². The number of hydroxylamine groups is 1. The maximum Gasteiger partial charge on any atom is 0.267 e. The first-order chi connectivity index (χ1) is 15.8. The maximum absolute atomic E-state index is 12.6. The van der Waals surface area contributed by atoms with Gasteiger partial charge in [0.05, 0.1) is 16.9 Å². The molecule has 0 unspecified atom stereocenters. The van der Waals surface area contributed by atoms with Crippen LogP contribution >= 0.6 is 22.9 Å². The number of hydrogen-bond acceptors (Lipinski definition) is 8. The molecule has 0 saturated heterocycles. The normalized spacial score (nSPS) is 10.7. The summed E-state index contributed by atoms with van der Waals surface area (Å²) in [6, 6.07) is 6.71. The van der Waals surface area contributed by atoms with Crippen LogP contribution in [0.4, 0.5) is 16.6 Å². The van der Waals surface area contributed by atoms with E-state index in [0.717, 1.165) is 16.9 Å². The number of nitrogens with one attached hydrogen (secondary N) is 3. The summed E-state index contributed by atoms with van der Waals surface area (Å²) in [7, 11) is 0. The molecule has 0 saturated carbocycles. The van der Waals surface area contributed by atoms with Crippen LogP contribution in [0.5, 0.6) is 0 Å². The van der Waals surface area contributed by atoms with Crippen LogP contribution in [0.3, 0.4) is 0 Å². The minimum Gasteiger partial charge on any atom is -0.320 e. The lowest BCUT2D eigenvalue weighted by molar-refractivity contribution is -0.129. The maximum atomic E-state index is 12.6. The largest absolute Gasteiger partial charge is 0.320 e. The average Bonchev–Trinajstić information content (AvgIpc) is 3.23. The van der Waals surface area contributed by atoms with Gasteiger partial charge in [-0.2, -0.15) is 0 Å². The highest BCUT2D eigenvalue weighted by atomic mass is 35.5. The molecule has 0 spiro atoms. The Labute approximate surface area is 198 Å². The Bertz CT molecular complexity index is 1210. The first-order valence-corrected chi connectivity index (χ1v) is 11.3.